The van der Waals surface area contributed by atoms with E-state index in [0.717, 1.165) is 0 Å². The number of hydrazine groups is 1. The predicted octanol–water partition coefficient (Wildman–Crippen LogP) is 2.47. The number of nitrogens with one attached hydrogen (secondary N) is 1. The molecule has 1 heterocycles. The average molecular weight is 292 g/mol. The molecule has 0 saturated heterocycles. The predicted molar refractivity (Wildman–Crippen MR) is 79.5 cm³/mol. The molecular weight excluding hydrogens is 271 g/mol. The number of aromatic nitrogens is 2. The second-order valence-electron chi connectivity index (χ2n) is 5.21. The summed E-state index contributed by atoms with van der Waals surface area (Å²) >= 11 is 0. The highest BCUT2D eigenvalue weighted by molar-refractivity contribution is 5.38. The molecule has 5 nitrogen and oxygen atoms in total. The SMILES string of the molecule is COc1cnn(C(C)C)c1C(NN)c1cccc(C)c1F. The van der Waals surface area contributed by atoms with Crippen LogP contribution in [0.25, 0.3) is 0 Å². The van der Waals surface area contributed by atoms with Crippen molar-refractivity contribution in [2.45, 2.75) is 32.9 Å². The Morgan fingerprint density at radius 3 is 2.67 bits per heavy atom. The van der Waals surface area contributed by atoms with E-state index in [9.17, 15) is 4.39 Å². The van der Waals surface area contributed by atoms with Gasteiger partial charge in [0.15, 0.2) is 5.75 Å². The number of methoxy groups -OCH3 is 1. The van der Waals surface area contributed by atoms with Gasteiger partial charge < -0.3 is 4.74 Å². The van der Waals surface area contributed by atoms with Crippen LogP contribution in [0, 0.1) is 12.7 Å². The average Bonchev–Trinajstić information content (AvgIpc) is 2.88. The van der Waals surface area contributed by atoms with Gasteiger partial charge in [-0.3, -0.25) is 10.5 Å². The monoisotopic (exact) mass is 292 g/mol. The molecule has 0 radical (unpaired) electrons. The topological polar surface area (TPSA) is 65.1 Å². The number of halogens is 1. The summed E-state index contributed by atoms with van der Waals surface area (Å²) in [5.74, 6) is 5.99. The largest absolute Gasteiger partial charge is 0.493 e. The van der Waals surface area contributed by atoms with Crippen LogP contribution in [0.1, 0.15) is 42.8 Å². The quantitative estimate of drug-likeness (QED) is 0.656. The third kappa shape index (κ3) is 2.77. The smallest absolute Gasteiger partial charge is 0.161 e. The van der Waals surface area contributed by atoms with Gasteiger partial charge >= 0.3 is 0 Å². The number of nitrogens with two attached hydrogens (primary N) is 1. The molecule has 0 saturated carbocycles. The van der Waals surface area contributed by atoms with E-state index >= 15 is 0 Å². The first-order valence-corrected chi connectivity index (χ1v) is 6.83. The Balaban J connectivity index is 2.61. The molecular formula is C15H21FN4O. The Kier molecular flexibility index (Phi) is 4.59. The normalized spacial score (nSPS) is 12.7. The molecule has 1 atom stereocenters. The Morgan fingerprint density at radius 1 is 1.38 bits per heavy atom. The summed E-state index contributed by atoms with van der Waals surface area (Å²) in [6, 6.07) is 4.81. The molecule has 0 aliphatic rings. The molecule has 2 rings (SSSR count). The summed E-state index contributed by atoms with van der Waals surface area (Å²) in [4.78, 5) is 0. The summed E-state index contributed by atoms with van der Waals surface area (Å²) in [6.45, 7) is 5.72. The van der Waals surface area contributed by atoms with Crippen LogP contribution >= 0.6 is 0 Å². The summed E-state index contributed by atoms with van der Waals surface area (Å²) in [5, 5.41) is 4.31. The molecule has 1 aromatic heterocycles. The molecule has 0 aliphatic heterocycles. The number of benzene rings is 1. The highest BCUT2D eigenvalue weighted by atomic mass is 19.1. The van der Waals surface area contributed by atoms with E-state index in [1.165, 1.54) is 0 Å². The zero-order chi connectivity index (χ0) is 15.6. The van der Waals surface area contributed by atoms with Crippen LogP contribution in [0.15, 0.2) is 24.4 Å². The number of hydrogen-bond acceptors (Lipinski definition) is 4. The summed E-state index contributed by atoms with van der Waals surface area (Å²) in [5.41, 5.74) is 4.43. The molecule has 0 bridgehead atoms. The van der Waals surface area contributed by atoms with Crippen LogP contribution in [-0.4, -0.2) is 16.9 Å². The second kappa shape index (κ2) is 6.24. The summed E-state index contributed by atoms with van der Waals surface area (Å²) < 4.78 is 21.6. The Hall–Kier alpha value is -1.92. The van der Waals surface area contributed by atoms with Crippen molar-refractivity contribution in [1.29, 1.82) is 0 Å². The van der Waals surface area contributed by atoms with Gasteiger partial charge in [-0.05, 0) is 26.3 Å². The van der Waals surface area contributed by atoms with E-state index in [4.69, 9.17) is 10.6 Å². The van der Waals surface area contributed by atoms with Crippen molar-refractivity contribution in [1.82, 2.24) is 15.2 Å². The number of nitrogens with zero attached hydrogens (tertiary/aromatic N) is 2. The molecule has 6 heteroatoms. The van der Waals surface area contributed by atoms with Crippen LogP contribution in [0.2, 0.25) is 0 Å². The van der Waals surface area contributed by atoms with Gasteiger partial charge in [0, 0.05) is 11.6 Å². The molecule has 0 fully saturated rings. The van der Waals surface area contributed by atoms with E-state index in [-0.39, 0.29) is 11.9 Å². The van der Waals surface area contributed by atoms with E-state index in [2.05, 4.69) is 10.5 Å². The fourth-order valence-electron chi connectivity index (χ4n) is 2.41. The van der Waals surface area contributed by atoms with Crippen LogP contribution in [-0.2, 0) is 0 Å². The van der Waals surface area contributed by atoms with Crippen molar-refractivity contribution >= 4 is 0 Å². The molecule has 0 aliphatic carbocycles. The molecule has 1 unspecified atom stereocenters. The van der Waals surface area contributed by atoms with Gasteiger partial charge in [-0.25, -0.2) is 9.82 Å². The number of ether oxygens (including phenoxy) is 1. The fraction of sp³-hybridized carbons (Fsp3) is 0.400. The first-order chi connectivity index (χ1) is 10.0. The van der Waals surface area contributed by atoms with Gasteiger partial charge in [0.05, 0.1) is 19.3 Å². The zero-order valence-electron chi connectivity index (χ0n) is 12.7. The van der Waals surface area contributed by atoms with E-state index in [0.29, 0.717) is 22.6 Å². The second-order valence-corrected chi connectivity index (χ2v) is 5.21. The van der Waals surface area contributed by atoms with Crippen LogP contribution in [0.5, 0.6) is 5.75 Å². The van der Waals surface area contributed by atoms with Crippen LogP contribution in [0.4, 0.5) is 4.39 Å². The lowest BCUT2D eigenvalue weighted by Gasteiger charge is -2.22. The van der Waals surface area contributed by atoms with Crippen LogP contribution in [0.3, 0.4) is 0 Å². The van der Waals surface area contributed by atoms with Gasteiger partial charge in [0.2, 0.25) is 0 Å². The van der Waals surface area contributed by atoms with Crippen molar-refractivity contribution in [3.05, 3.63) is 47.0 Å². The highest BCUT2D eigenvalue weighted by Gasteiger charge is 2.26. The Bertz CT molecular complexity index is 624. The molecule has 0 amide bonds. The lowest BCUT2D eigenvalue weighted by molar-refractivity contribution is 0.392. The molecule has 0 spiro atoms. The van der Waals surface area contributed by atoms with E-state index in [1.54, 1.807) is 43.1 Å². The highest BCUT2D eigenvalue weighted by Crippen LogP contribution is 2.33. The fourth-order valence-corrected chi connectivity index (χ4v) is 2.41. The van der Waals surface area contributed by atoms with E-state index < -0.39 is 6.04 Å². The van der Waals surface area contributed by atoms with Crippen molar-refractivity contribution in [2.75, 3.05) is 7.11 Å². The maximum atomic E-state index is 14.4. The maximum Gasteiger partial charge on any atom is 0.161 e. The molecule has 3 N–H and O–H groups in total. The minimum atomic E-state index is -0.537. The number of hydrogen-bond donors (Lipinski definition) is 2. The zero-order valence-corrected chi connectivity index (χ0v) is 12.7. The third-order valence-electron chi connectivity index (χ3n) is 3.48. The minimum Gasteiger partial charge on any atom is -0.493 e. The Labute approximate surface area is 123 Å². The van der Waals surface area contributed by atoms with Crippen molar-refractivity contribution in [3.8, 4) is 5.75 Å². The maximum absolute atomic E-state index is 14.4. The van der Waals surface area contributed by atoms with Crippen molar-refractivity contribution < 1.29 is 9.13 Å². The standard InChI is InChI=1S/C15H21FN4O/c1-9(2)20-15(12(21-4)8-18-20)14(19-17)11-7-5-6-10(3)13(11)16/h5-9,14,19H,17H2,1-4H3. The van der Waals surface area contributed by atoms with E-state index in [1.807, 2.05) is 13.8 Å². The van der Waals surface area contributed by atoms with Crippen molar-refractivity contribution in [3.63, 3.8) is 0 Å². The number of aryl methyl sites for hydroxylation is 1. The lowest BCUT2D eigenvalue weighted by Crippen LogP contribution is -2.32. The molecule has 21 heavy (non-hydrogen) atoms. The van der Waals surface area contributed by atoms with Gasteiger partial charge in [-0.1, -0.05) is 18.2 Å². The lowest BCUT2D eigenvalue weighted by atomic mass is 10.0. The summed E-state index contributed by atoms with van der Waals surface area (Å²) in [6.07, 6.45) is 1.62. The molecule has 2 aromatic rings. The van der Waals surface area contributed by atoms with Gasteiger partial charge in [-0.15, -0.1) is 0 Å². The first kappa shape index (κ1) is 15.5. The van der Waals surface area contributed by atoms with Gasteiger partial charge in [0.25, 0.3) is 0 Å². The van der Waals surface area contributed by atoms with Crippen LogP contribution < -0.4 is 16.0 Å². The molecule has 114 valence electrons. The van der Waals surface area contributed by atoms with Gasteiger partial charge in [0.1, 0.15) is 11.5 Å². The Morgan fingerprint density at radius 2 is 2.10 bits per heavy atom. The van der Waals surface area contributed by atoms with Gasteiger partial charge in [-0.2, -0.15) is 5.10 Å². The number of rotatable bonds is 5. The molecule has 1 aromatic carbocycles. The first-order valence-electron chi connectivity index (χ1n) is 6.83. The minimum absolute atomic E-state index is 0.104. The third-order valence-corrected chi connectivity index (χ3v) is 3.48. The summed E-state index contributed by atoms with van der Waals surface area (Å²) in [7, 11) is 1.56. The van der Waals surface area contributed by atoms with Crippen molar-refractivity contribution in [2.24, 2.45) is 5.84 Å².